The molecule has 0 radical (unpaired) electrons. The summed E-state index contributed by atoms with van der Waals surface area (Å²) >= 11 is 0. The van der Waals surface area contributed by atoms with Crippen molar-refractivity contribution in [3.63, 3.8) is 0 Å². The molecular formula is C15H26N2O+2. The molecule has 0 bridgehead atoms. The third kappa shape index (κ3) is 3.24. The normalized spacial score (nSPS) is 19.2. The van der Waals surface area contributed by atoms with Gasteiger partial charge in [-0.15, -0.1) is 0 Å². The lowest BCUT2D eigenvalue weighted by Crippen LogP contribution is -3.13. The molecule has 0 aromatic heterocycles. The highest BCUT2D eigenvalue weighted by atomic mass is 16.5. The predicted octanol–water partition coefficient (Wildman–Crippen LogP) is 0.437. The first-order valence-electron chi connectivity index (χ1n) is 7.13. The number of methoxy groups -OCH3 is 1. The van der Waals surface area contributed by atoms with Gasteiger partial charge in [-0.3, -0.25) is 0 Å². The van der Waals surface area contributed by atoms with Crippen LogP contribution in [0, 0.1) is 0 Å². The van der Waals surface area contributed by atoms with Gasteiger partial charge in [-0.25, -0.2) is 0 Å². The van der Waals surface area contributed by atoms with Crippen molar-refractivity contribution in [2.45, 2.75) is 31.7 Å². The SMILES string of the molecule is COc1ccc([C@H](C[NH3+])[NH+]2CCCCCC2)cc1. The molecule has 4 N–H and O–H groups in total. The van der Waals surface area contributed by atoms with Crippen LogP contribution < -0.4 is 15.4 Å². The van der Waals surface area contributed by atoms with Gasteiger partial charge in [0.25, 0.3) is 0 Å². The van der Waals surface area contributed by atoms with E-state index in [1.165, 1.54) is 44.3 Å². The lowest BCUT2D eigenvalue weighted by molar-refractivity contribution is -0.937. The van der Waals surface area contributed by atoms with E-state index in [1.807, 2.05) is 0 Å². The molecule has 1 saturated heterocycles. The second kappa shape index (κ2) is 6.76. The molecule has 1 aromatic carbocycles. The van der Waals surface area contributed by atoms with Gasteiger partial charge in [-0.05, 0) is 49.9 Å². The van der Waals surface area contributed by atoms with E-state index in [2.05, 4.69) is 30.0 Å². The highest BCUT2D eigenvalue weighted by molar-refractivity contribution is 5.28. The van der Waals surface area contributed by atoms with E-state index in [9.17, 15) is 0 Å². The van der Waals surface area contributed by atoms with Crippen LogP contribution in [0.3, 0.4) is 0 Å². The molecule has 0 amide bonds. The maximum Gasteiger partial charge on any atom is 0.162 e. The van der Waals surface area contributed by atoms with E-state index < -0.39 is 0 Å². The first-order chi connectivity index (χ1) is 8.85. The number of benzene rings is 1. The summed E-state index contributed by atoms with van der Waals surface area (Å²) in [6.45, 7) is 3.57. The van der Waals surface area contributed by atoms with E-state index in [-0.39, 0.29) is 0 Å². The van der Waals surface area contributed by atoms with Crippen molar-refractivity contribution in [3.8, 4) is 5.75 Å². The van der Waals surface area contributed by atoms with E-state index in [4.69, 9.17) is 4.74 Å². The summed E-state index contributed by atoms with van der Waals surface area (Å²) < 4.78 is 5.23. The summed E-state index contributed by atoms with van der Waals surface area (Å²) in [5.74, 6) is 0.937. The number of quaternary nitrogens is 2. The predicted molar refractivity (Wildman–Crippen MR) is 72.7 cm³/mol. The fourth-order valence-electron chi connectivity index (χ4n) is 2.97. The van der Waals surface area contributed by atoms with Gasteiger partial charge < -0.3 is 15.4 Å². The van der Waals surface area contributed by atoms with E-state index in [0.29, 0.717) is 6.04 Å². The number of rotatable bonds is 4. The molecule has 3 heteroatoms. The maximum atomic E-state index is 5.23. The average molecular weight is 250 g/mol. The van der Waals surface area contributed by atoms with Crippen molar-refractivity contribution >= 4 is 0 Å². The summed E-state index contributed by atoms with van der Waals surface area (Å²) in [4.78, 5) is 1.72. The topological polar surface area (TPSA) is 41.3 Å². The highest BCUT2D eigenvalue weighted by Crippen LogP contribution is 2.15. The second-order valence-electron chi connectivity index (χ2n) is 5.19. The van der Waals surface area contributed by atoms with Gasteiger partial charge in [0, 0.05) is 5.56 Å². The highest BCUT2D eigenvalue weighted by Gasteiger charge is 2.25. The molecule has 1 fully saturated rings. The standard InChI is InChI=1S/C15H24N2O/c1-18-14-8-6-13(7-9-14)15(12-16)17-10-4-2-3-5-11-17/h6-9,15H,2-5,10-12,16H2,1H3/p+2/t15-/m0/s1. The lowest BCUT2D eigenvalue weighted by Gasteiger charge is -2.25. The zero-order valence-electron chi connectivity index (χ0n) is 11.5. The lowest BCUT2D eigenvalue weighted by atomic mass is 10.0. The molecule has 1 aliphatic heterocycles. The first kappa shape index (κ1) is 13.4. The van der Waals surface area contributed by atoms with Crippen LogP contribution in [-0.4, -0.2) is 26.7 Å². The summed E-state index contributed by atoms with van der Waals surface area (Å²) in [5.41, 5.74) is 5.56. The molecule has 1 aliphatic rings. The zero-order valence-corrected chi connectivity index (χ0v) is 11.5. The average Bonchev–Trinajstić information content (AvgIpc) is 2.70. The van der Waals surface area contributed by atoms with Gasteiger partial charge >= 0.3 is 0 Å². The molecule has 0 unspecified atom stereocenters. The minimum absolute atomic E-state index is 0.550. The Bertz CT molecular complexity index is 342. The quantitative estimate of drug-likeness (QED) is 0.800. The Morgan fingerprint density at radius 1 is 1.11 bits per heavy atom. The molecule has 1 aromatic rings. The minimum atomic E-state index is 0.550. The van der Waals surface area contributed by atoms with Gasteiger partial charge in [0.2, 0.25) is 0 Å². The molecule has 1 atom stereocenters. The monoisotopic (exact) mass is 250 g/mol. The third-order valence-corrected chi connectivity index (χ3v) is 4.05. The van der Waals surface area contributed by atoms with Crippen LogP contribution in [0.25, 0.3) is 0 Å². The van der Waals surface area contributed by atoms with Crippen molar-refractivity contribution < 1.29 is 15.4 Å². The summed E-state index contributed by atoms with van der Waals surface area (Å²) in [6, 6.07) is 9.08. The molecule has 1 heterocycles. The minimum Gasteiger partial charge on any atom is -0.497 e. The van der Waals surface area contributed by atoms with Crippen molar-refractivity contribution in [1.82, 2.24) is 0 Å². The molecule has 100 valence electrons. The summed E-state index contributed by atoms with van der Waals surface area (Å²) in [7, 11) is 1.72. The summed E-state index contributed by atoms with van der Waals surface area (Å²) in [5, 5.41) is 0. The number of nitrogens with one attached hydrogen (secondary N) is 1. The van der Waals surface area contributed by atoms with Crippen molar-refractivity contribution in [2.24, 2.45) is 0 Å². The van der Waals surface area contributed by atoms with Gasteiger partial charge in [-0.2, -0.15) is 0 Å². The van der Waals surface area contributed by atoms with Crippen LogP contribution in [0.4, 0.5) is 0 Å². The Labute approximate surface area is 110 Å². The van der Waals surface area contributed by atoms with E-state index >= 15 is 0 Å². The van der Waals surface area contributed by atoms with E-state index in [0.717, 1.165) is 12.3 Å². The Morgan fingerprint density at radius 3 is 2.22 bits per heavy atom. The van der Waals surface area contributed by atoms with Crippen LogP contribution in [0.2, 0.25) is 0 Å². The van der Waals surface area contributed by atoms with Crippen LogP contribution in [0.1, 0.15) is 37.3 Å². The largest absolute Gasteiger partial charge is 0.497 e. The number of hydrogen-bond donors (Lipinski definition) is 2. The second-order valence-corrected chi connectivity index (χ2v) is 5.19. The van der Waals surface area contributed by atoms with Crippen LogP contribution in [0.15, 0.2) is 24.3 Å². The number of hydrogen-bond acceptors (Lipinski definition) is 1. The first-order valence-corrected chi connectivity index (χ1v) is 7.13. The van der Waals surface area contributed by atoms with Gasteiger partial charge in [0.1, 0.15) is 12.3 Å². The van der Waals surface area contributed by atoms with E-state index in [1.54, 1.807) is 12.0 Å². The third-order valence-electron chi connectivity index (χ3n) is 4.05. The Balaban J connectivity index is 2.10. The number of ether oxygens (including phenoxy) is 1. The fraction of sp³-hybridized carbons (Fsp3) is 0.600. The smallest absolute Gasteiger partial charge is 0.162 e. The molecule has 3 nitrogen and oxygen atoms in total. The van der Waals surface area contributed by atoms with Gasteiger partial charge in [-0.1, -0.05) is 0 Å². The van der Waals surface area contributed by atoms with Gasteiger partial charge in [0.05, 0.1) is 20.2 Å². The van der Waals surface area contributed by atoms with Crippen molar-refractivity contribution in [2.75, 3.05) is 26.7 Å². The van der Waals surface area contributed by atoms with Crippen LogP contribution in [-0.2, 0) is 0 Å². The molecule has 0 spiro atoms. The molecule has 0 saturated carbocycles. The van der Waals surface area contributed by atoms with Crippen LogP contribution in [0.5, 0.6) is 5.75 Å². The van der Waals surface area contributed by atoms with Crippen LogP contribution >= 0.6 is 0 Å². The van der Waals surface area contributed by atoms with Crippen molar-refractivity contribution in [3.05, 3.63) is 29.8 Å². The fourth-order valence-corrected chi connectivity index (χ4v) is 2.97. The Hall–Kier alpha value is -1.06. The molecule has 0 aliphatic carbocycles. The number of likely N-dealkylation sites (tertiary alicyclic amines) is 1. The zero-order chi connectivity index (χ0) is 12.8. The summed E-state index contributed by atoms with van der Waals surface area (Å²) in [6.07, 6.45) is 5.52. The van der Waals surface area contributed by atoms with Gasteiger partial charge in [0.15, 0.2) is 6.04 Å². The molecular weight excluding hydrogens is 224 g/mol. The molecule has 2 rings (SSSR count). The van der Waals surface area contributed by atoms with Crippen molar-refractivity contribution in [1.29, 1.82) is 0 Å². The maximum absolute atomic E-state index is 5.23. The molecule has 18 heavy (non-hydrogen) atoms. The Morgan fingerprint density at radius 2 is 1.72 bits per heavy atom. The Kier molecular flexibility index (Phi) is 5.02.